The molecule has 0 aliphatic heterocycles. The third-order valence-corrected chi connectivity index (χ3v) is 3.43. The fourth-order valence-electron chi connectivity index (χ4n) is 2.20. The Morgan fingerprint density at radius 1 is 1.12 bits per heavy atom. The normalized spacial score (nSPS) is 11.4. The number of pyridine rings is 1. The number of aromatic nitrogens is 4. The van der Waals surface area contributed by atoms with E-state index in [0.29, 0.717) is 5.69 Å². The Morgan fingerprint density at radius 2 is 1.84 bits per heavy atom. The van der Waals surface area contributed by atoms with Gasteiger partial charge in [-0.25, -0.2) is 14.6 Å². The molecule has 0 spiro atoms. The van der Waals surface area contributed by atoms with E-state index >= 15 is 0 Å². The second-order valence-corrected chi connectivity index (χ2v) is 5.17. The monoisotopic (exact) mass is 347 g/mol. The third-order valence-electron chi connectivity index (χ3n) is 3.43. The predicted octanol–water partition coefficient (Wildman–Crippen LogP) is 3.24. The van der Waals surface area contributed by atoms with Crippen LogP contribution in [-0.4, -0.2) is 25.7 Å². The van der Waals surface area contributed by atoms with Gasteiger partial charge < -0.3 is 5.32 Å². The first kappa shape index (κ1) is 16.6. The van der Waals surface area contributed by atoms with Crippen LogP contribution in [0.2, 0.25) is 0 Å². The number of alkyl halides is 3. The molecule has 0 saturated carbocycles. The van der Waals surface area contributed by atoms with Gasteiger partial charge in [0.1, 0.15) is 18.3 Å². The first-order valence-electron chi connectivity index (χ1n) is 7.16. The minimum absolute atomic E-state index is 0.00607. The molecule has 1 aromatic carbocycles. The molecule has 0 saturated heterocycles. The first-order valence-corrected chi connectivity index (χ1v) is 7.16. The van der Waals surface area contributed by atoms with E-state index in [1.807, 2.05) is 0 Å². The van der Waals surface area contributed by atoms with Crippen molar-refractivity contribution in [1.29, 1.82) is 0 Å². The maximum Gasteiger partial charge on any atom is 0.433 e. The predicted molar refractivity (Wildman–Crippen MR) is 83.3 cm³/mol. The van der Waals surface area contributed by atoms with Gasteiger partial charge in [0.25, 0.3) is 5.91 Å². The minimum atomic E-state index is -4.54. The lowest BCUT2D eigenvalue weighted by Crippen LogP contribution is -2.16. The lowest BCUT2D eigenvalue weighted by atomic mass is 10.1. The molecule has 0 aliphatic rings. The van der Waals surface area contributed by atoms with E-state index in [1.165, 1.54) is 19.6 Å². The van der Waals surface area contributed by atoms with Crippen molar-refractivity contribution < 1.29 is 18.0 Å². The molecule has 1 N–H and O–H groups in total. The van der Waals surface area contributed by atoms with Crippen molar-refractivity contribution in [1.82, 2.24) is 19.7 Å². The van der Waals surface area contributed by atoms with Crippen LogP contribution in [0.25, 0.3) is 5.69 Å². The Morgan fingerprint density at radius 3 is 2.40 bits per heavy atom. The maximum absolute atomic E-state index is 12.6. The van der Waals surface area contributed by atoms with E-state index in [0.717, 1.165) is 17.8 Å². The second-order valence-electron chi connectivity index (χ2n) is 5.17. The van der Waals surface area contributed by atoms with Gasteiger partial charge in [0.05, 0.1) is 16.9 Å². The average molecular weight is 347 g/mol. The van der Waals surface area contributed by atoms with Gasteiger partial charge in [-0.2, -0.15) is 18.3 Å². The van der Waals surface area contributed by atoms with Gasteiger partial charge in [-0.1, -0.05) is 0 Å². The van der Waals surface area contributed by atoms with Crippen LogP contribution in [0.15, 0.2) is 49.1 Å². The fraction of sp³-hybridized carbons (Fsp3) is 0.125. The molecule has 0 unspecified atom stereocenters. The van der Waals surface area contributed by atoms with Crippen LogP contribution in [0, 0.1) is 6.92 Å². The van der Waals surface area contributed by atoms with Gasteiger partial charge in [-0.05, 0) is 43.3 Å². The summed E-state index contributed by atoms with van der Waals surface area (Å²) in [4.78, 5) is 19.5. The molecule has 0 fully saturated rings. The van der Waals surface area contributed by atoms with E-state index < -0.39 is 17.8 Å². The molecule has 0 bridgehead atoms. The summed E-state index contributed by atoms with van der Waals surface area (Å²) in [5.74, 6) is -0.535. The molecule has 2 aromatic heterocycles. The quantitative estimate of drug-likeness (QED) is 0.789. The van der Waals surface area contributed by atoms with Crippen molar-refractivity contribution in [3.05, 3.63) is 66.0 Å². The summed E-state index contributed by atoms with van der Waals surface area (Å²) < 4.78 is 39.4. The summed E-state index contributed by atoms with van der Waals surface area (Å²) in [6.45, 7) is 1.36. The Bertz CT molecular complexity index is 889. The van der Waals surface area contributed by atoms with E-state index in [-0.39, 0.29) is 11.3 Å². The number of carbonyl (C=O) groups excluding carboxylic acids is 1. The fourth-order valence-corrected chi connectivity index (χ4v) is 2.20. The van der Waals surface area contributed by atoms with Crippen molar-refractivity contribution in [2.75, 3.05) is 5.32 Å². The molecular weight excluding hydrogens is 335 g/mol. The van der Waals surface area contributed by atoms with Crippen LogP contribution in [0.1, 0.15) is 21.7 Å². The number of hydrogen-bond donors (Lipinski definition) is 1. The molecule has 3 aromatic rings. The number of aryl methyl sites for hydroxylation is 1. The van der Waals surface area contributed by atoms with Gasteiger partial charge >= 0.3 is 6.18 Å². The van der Waals surface area contributed by atoms with Crippen LogP contribution in [0.5, 0.6) is 0 Å². The largest absolute Gasteiger partial charge is 0.433 e. The summed E-state index contributed by atoms with van der Waals surface area (Å²) in [5.41, 5.74) is 0.301. The first-order chi connectivity index (χ1) is 11.8. The number of amides is 1. The van der Waals surface area contributed by atoms with E-state index in [2.05, 4.69) is 20.4 Å². The number of rotatable bonds is 3. The minimum Gasteiger partial charge on any atom is -0.322 e. The SMILES string of the molecule is Cc1nc(C(F)(F)F)ccc1C(=O)Nc1ccc(-n2cncn2)cc1. The van der Waals surface area contributed by atoms with E-state index in [4.69, 9.17) is 0 Å². The molecule has 25 heavy (non-hydrogen) atoms. The summed E-state index contributed by atoms with van der Waals surface area (Å²) in [6.07, 6.45) is -1.61. The molecule has 2 heterocycles. The highest BCUT2D eigenvalue weighted by Crippen LogP contribution is 2.28. The number of anilines is 1. The molecule has 1 amide bonds. The summed E-state index contributed by atoms with van der Waals surface area (Å²) in [7, 11) is 0. The number of hydrogen-bond acceptors (Lipinski definition) is 4. The van der Waals surface area contributed by atoms with Crippen molar-refractivity contribution in [3.8, 4) is 5.69 Å². The van der Waals surface area contributed by atoms with Gasteiger partial charge in [0.2, 0.25) is 0 Å². The zero-order valence-corrected chi connectivity index (χ0v) is 12.9. The lowest BCUT2D eigenvalue weighted by molar-refractivity contribution is -0.141. The van der Waals surface area contributed by atoms with E-state index in [1.54, 1.807) is 28.9 Å². The highest BCUT2D eigenvalue weighted by molar-refractivity contribution is 6.05. The molecule has 0 atom stereocenters. The van der Waals surface area contributed by atoms with Crippen LogP contribution in [0.3, 0.4) is 0 Å². The molecule has 9 heteroatoms. The zero-order valence-electron chi connectivity index (χ0n) is 12.9. The summed E-state index contributed by atoms with van der Waals surface area (Å²) in [6, 6.07) is 8.66. The molecule has 3 rings (SSSR count). The smallest absolute Gasteiger partial charge is 0.322 e. The van der Waals surface area contributed by atoms with Crippen LogP contribution in [0.4, 0.5) is 18.9 Å². The highest BCUT2D eigenvalue weighted by Gasteiger charge is 2.33. The second kappa shape index (κ2) is 6.34. The number of nitrogens with one attached hydrogen (secondary N) is 1. The Kier molecular flexibility index (Phi) is 4.22. The molecule has 6 nitrogen and oxygen atoms in total. The zero-order chi connectivity index (χ0) is 18.0. The maximum atomic E-state index is 12.6. The van der Waals surface area contributed by atoms with Crippen LogP contribution >= 0.6 is 0 Å². The molecule has 128 valence electrons. The number of nitrogens with zero attached hydrogens (tertiary/aromatic N) is 4. The van der Waals surface area contributed by atoms with Crippen molar-refractivity contribution in [3.63, 3.8) is 0 Å². The van der Waals surface area contributed by atoms with Crippen LogP contribution in [-0.2, 0) is 6.18 Å². The van der Waals surface area contributed by atoms with Gasteiger partial charge in [0.15, 0.2) is 0 Å². The molecular formula is C16H12F3N5O. The lowest BCUT2D eigenvalue weighted by Gasteiger charge is -2.11. The third kappa shape index (κ3) is 3.65. The Balaban J connectivity index is 1.76. The van der Waals surface area contributed by atoms with Crippen molar-refractivity contribution in [2.24, 2.45) is 0 Å². The van der Waals surface area contributed by atoms with Gasteiger partial charge in [-0.3, -0.25) is 4.79 Å². The Labute approximate surface area is 140 Å². The average Bonchev–Trinajstić information content (AvgIpc) is 3.09. The Hall–Kier alpha value is -3.23. The topological polar surface area (TPSA) is 72.7 Å². The number of halogens is 3. The van der Waals surface area contributed by atoms with Crippen LogP contribution < -0.4 is 5.32 Å². The van der Waals surface area contributed by atoms with E-state index in [9.17, 15) is 18.0 Å². The molecule has 0 radical (unpaired) electrons. The summed E-state index contributed by atoms with van der Waals surface area (Å²) in [5, 5.41) is 6.61. The van der Waals surface area contributed by atoms with Gasteiger partial charge in [0, 0.05) is 5.69 Å². The van der Waals surface area contributed by atoms with Crippen molar-refractivity contribution in [2.45, 2.75) is 13.1 Å². The standard InChI is InChI=1S/C16H12F3N5O/c1-10-13(6-7-14(22-10)16(17,18)19)15(25)23-11-2-4-12(5-3-11)24-9-20-8-21-24/h2-9H,1H3,(H,23,25). The number of carbonyl (C=O) groups is 1. The molecule has 0 aliphatic carbocycles. The number of benzene rings is 1. The highest BCUT2D eigenvalue weighted by atomic mass is 19.4. The van der Waals surface area contributed by atoms with Gasteiger partial charge in [-0.15, -0.1) is 0 Å². The summed E-state index contributed by atoms with van der Waals surface area (Å²) >= 11 is 0. The van der Waals surface area contributed by atoms with Crippen molar-refractivity contribution >= 4 is 11.6 Å².